The number of amides is 2. The molecule has 1 aromatic rings. The molecule has 0 unspecified atom stereocenters. The summed E-state index contributed by atoms with van der Waals surface area (Å²) < 4.78 is 0. The van der Waals surface area contributed by atoms with Gasteiger partial charge in [-0.3, -0.25) is 19.7 Å². The number of anilines is 1. The number of nitro benzene ring substituents is 1. The predicted molar refractivity (Wildman–Crippen MR) is 55.9 cm³/mol. The van der Waals surface area contributed by atoms with Crippen molar-refractivity contribution in [2.24, 2.45) is 5.73 Å². The fourth-order valence-electron chi connectivity index (χ4n) is 1.13. The van der Waals surface area contributed by atoms with E-state index >= 15 is 0 Å². The molecular weight excluding hydrogens is 214 g/mol. The Morgan fingerprint density at radius 1 is 1.38 bits per heavy atom. The van der Waals surface area contributed by atoms with Crippen molar-refractivity contribution in [2.45, 2.75) is 6.92 Å². The predicted octanol–water partition coefficient (Wildman–Crippen LogP) is 0.652. The smallest absolute Gasteiger partial charge is 0.272 e. The summed E-state index contributed by atoms with van der Waals surface area (Å²) in [6.45, 7) is 1.25. The third-order valence-electron chi connectivity index (χ3n) is 1.73. The summed E-state index contributed by atoms with van der Waals surface area (Å²) in [5.74, 6) is -1.19. The van der Waals surface area contributed by atoms with E-state index in [9.17, 15) is 19.7 Å². The van der Waals surface area contributed by atoms with Crippen LogP contribution in [0, 0.1) is 10.1 Å². The van der Waals surface area contributed by atoms with Crippen molar-refractivity contribution >= 4 is 23.2 Å². The highest BCUT2D eigenvalue weighted by Gasteiger charge is 2.13. The molecule has 16 heavy (non-hydrogen) atoms. The molecule has 0 fully saturated rings. The molecule has 0 saturated heterocycles. The van der Waals surface area contributed by atoms with Gasteiger partial charge in [0, 0.05) is 30.3 Å². The summed E-state index contributed by atoms with van der Waals surface area (Å²) in [5, 5.41) is 12.9. The number of hydrogen-bond donors (Lipinski definition) is 2. The zero-order chi connectivity index (χ0) is 12.3. The van der Waals surface area contributed by atoms with Gasteiger partial charge in [-0.25, -0.2) is 0 Å². The molecule has 0 aliphatic heterocycles. The van der Waals surface area contributed by atoms with E-state index in [1.807, 2.05) is 0 Å². The fourth-order valence-corrected chi connectivity index (χ4v) is 1.13. The van der Waals surface area contributed by atoms with Crippen LogP contribution in [0.5, 0.6) is 0 Å². The standard InChI is InChI=1S/C9H9N3O4/c1-5(13)11-7-2-6(9(10)14)3-8(4-7)12(15)16/h2-4H,1H3,(H2,10,14)(H,11,13). The number of nitro groups is 1. The van der Waals surface area contributed by atoms with E-state index in [1.54, 1.807) is 0 Å². The first kappa shape index (κ1) is 11.6. The maximum atomic E-state index is 10.9. The highest BCUT2D eigenvalue weighted by molar-refractivity contribution is 5.96. The van der Waals surface area contributed by atoms with Gasteiger partial charge in [-0.15, -0.1) is 0 Å². The zero-order valence-corrected chi connectivity index (χ0v) is 8.39. The molecule has 0 atom stereocenters. The second kappa shape index (κ2) is 4.39. The molecule has 1 rings (SSSR count). The number of benzene rings is 1. The summed E-state index contributed by atoms with van der Waals surface area (Å²) in [6.07, 6.45) is 0. The Labute approximate surface area is 90.4 Å². The van der Waals surface area contributed by atoms with Gasteiger partial charge in [-0.2, -0.15) is 0 Å². The number of carbonyl (C=O) groups excluding carboxylic acids is 2. The van der Waals surface area contributed by atoms with E-state index in [-0.39, 0.29) is 16.9 Å². The van der Waals surface area contributed by atoms with Crippen molar-refractivity contribution in [3.8, 4) is 0 Å². The highest BCUT2D eigenvalue weighted by atomic mass is 16.6. The first-order chi connectivity index (χ1) is 7.40. The van der Waals surface area contributed by atoms with Crippen LogP contribution in [0.25, 0.3) is 0 Å². The van der Waals surface area contributed by atoms with E-state index in [2.05, 4.69) is 5.32 Å². The Balaban J connectivity index is 3.23. The maximum Gasteiger partial charge on any atom is 0.272 e. The van der Waals surface area contributed by atoms with Crippen molar-refractivity contribution in [3.63, 3.8) is 0 Å². The zero-order valence-electron chi connectivity index (χ0n) is 8.39. The second-order valence-corrected chi connectivity index (χ2v) is 3.07. The Hall–Kier alpha value is -2.44. The molecule has 0 aromatic heterocycles. The van der Waals surface area contributed by atoms with Gasteiger partial charge in [0.05, 0.1) is 4.92 Å². The second-order valence-electron chi connectivity index (χ2n) is 3.07. The van der Waals surface area contributed by atoms with Crippen LogP contribution in [0.15, 0.2) is 18.2 Å². The van der Waals surface area contributed by atoms with Crippen LogP contribution < -0.4 is 11.1 Å². The van der Waals surface area contributed by atoms with E-state index in [1.165, 1.54) is 13.0 Å². The first-order valence-corrected chi connectivity index (χ1v) is 4.27. The minimum absolute atomic E-state index is 0.0297. The molecule has 7 nitrogen and oxygen atoms in total. The molecule has 0 spiro atoms. The minimum atomic E-state index is -0.796. The lowest BCUT2D eigenvalue weighted by atomic mass is 10.1. The molecular formula is C9H9N3O4. The summed E-state index contributed by atoms with van der Waals surface area (Å²) in [7, 11) is 0. The SMILES string of the molecule is CC(=O)Nc1cc(C(N)=O)cc([N+](=O)[O-])c1. The normalized spacial score (nSPS) is 9.56. The van der Waals surface area contributed by atoms with Crippen LogP contribution in [0.2, 0.25) is 0 Å². The van der Waals surface area contributed by atoms with Gasteiger partial charge in [0.25, 0.3) is 5.69 Å². The Kier molecular flexibility index (Phi) is 3.19. The van der Waals surface area contributed by atoms with E-state index < -0.39 is 16.7 Å². The van der Waals surface area contributed by atoms with Gasteiger partial charge >= 0.3 is 0 Å². The van der Waals surface area contributed by atoms with E-state index in [0.717, 1.165) is 12.1 Å². The number of hydrogen-bond acceptors (Lipinski definition) is 4. The molecule has 2 amide bonds. The number of nitrogens with zero attached hydrogens (tertiary/aromatic N) is 1. The van der Waals surface area contributed by atoms with Crippen LogP contribution in [0.3, 0.4) is 0 Å². The highest BCUT2D eigenvalue weighted by Crippen LogP contribution is 2.20. The molecule has 84 valence electrons. The number of nitrogens with one attached hydrogen (secondary N) is 1. The van der Waals surface area contributed by atoms with Crippen molar-refractivity contribution in [3.05, 3.63) is 33.9 Å². The van der Waals surface area contributed by atoms with E-state index in [4.69, 9.17) is 5.73 Å². The average molecular weight is 223 g/mol. The summed E-state index contributed by atoms with van der Waals surface area (Å²) in [5.41, 5.74) is 4.84. The molecule has 0 saturated carbocycles. The largest absolute Gasteiger partial charge is 0.366 e. The molecule has 3 N–H and O–H groups in total. The van der Waals surface area contributed by atoms with Crippen molar-refractivity contribution in [1.29, 1.82) is 0 Å². The molecule has 7 heteroatoms. The van der Waals surface area contributed by atoms with Crippen molar-refractivity contribution in [2.75, 3.05) is 5.32 Å². The number of primary amides is 1. The van der Waals surface area contributed by atoms with Crippen LogP contribution in [0.1, 0.15) is 17.3 Å². The summed E-state index contributed by atoms with van der Waals surface area (Å²) in [4.78, 5) is 31.6. The minimum Gasteiger partial charge on any atom is -0.366 e. The average Bonchev–Trinajstić information content (AvgIpc) is 2.15. The molecule has 0 bridgehead atoms. The van der Waals surface area contributed by atoms with Gasteiger partial charge in [-0.1, -0.05) is 0 Å². The molecule has 0 aliphatic rings. The number of nitrogens with two attached hydrogens (primary N) is 1. The van der Waals surface area contributed by atoms with Gasteiger partial charge in [-0.05, 0) is 6.07 Å². The summed E-state index contributed by atoms with van der Waals surface area (Å²) in [6, 6.07) is 3.47. The van der Waals surface area contributed by atoms with Crippen molar-refractivity contribution in [1.82, 2.24) is 0 Å². The quantitative estimate of drug-likeness (QED) is 0.578. The van der Waals surface area contributed by atoms with E-state index in [0.29, 0.717) is 0 Å². The fraction of sp³-hybridized carbons (Fsp3) is 0.111. The van der Waals surface area contributed by atoms with Crippen LogP contribution in [0.4, 0.5) is 11.4 Å². The lowest BCUT2D eigenvalue weighted by Gasteiger charge is -2.03. The van der Waals surface area contributed by atoms with Crippen molar-refractivity contribution < 1.29 is 14.5 Å². The van der Waals surface area contributed by atoms with Gasteiger partial charge in [0.1, 0.15) is 0 Å². The van der Waals surface area contributed by atoms with Crippen LogP contribution in [-0.4, -0.2) is 16.7 Å². The number of carbonyl (C=O) groups is 2. The third-order valence-corrected chi connectivity index (χ3v) is 1.73. The third kappa shape index (κ3) is 2.77. The lowest BCUT2D eigenvalue weighted by Crippen LogP contribution is -2.13. The first-order valence-electron chi connectivity index (χ1n) is 4.27. The molecule has 0 radical (unpaired) electrons. The molecule has 0 heterocycles. The van der Waals surface area contributed by atoms with Crippen LogP contribution in [-0.2, 0) is 4.79 Å². The lowest BCUT2D eigenvalue weighted by molar-refractivity contribution is -0.384. The van der Waals surface area contributed by atoms with Gasteiger partial charge in [0.15, 0.2) is 0 Å². The molecule has 1 aromatic carbocycles. The van der Waals surface area contributed by atoms with Gasteiger partial charge in [0.2, 0.25) is 11.8 Å². The monoisotopic (exact) mass is 223 g/mol. The number of non-ortho nitro benzene ring substituents is 1. The summed E-state index contributed by atoms with van der Waals surface area (Å²) >= 11 is 0. The topological polar surface area (TPSA) is 115 Å². The Morgan fingerprint density at radius 3 is 2.44 bits per heavy atom. The molecule has 0 aliphatic carbocycles. The maximum absolute atomic E-state index is 10.9. The Bertz CT molecular complexity index is 438. The Morgan fingerprint density at radius 2 is 2.00 bits per heavy atom. The van der Waals surface area contributed by atoms with Crippen LogP contribution >= 0.6 is 0 Å². The van der Waals surface area contributed by atoms with Gasteiger partial charge < -0.3 is 11.1 Å². The number of rotatable bonds is 3.